The summed E-state index contributed by atoms with van der Waals surface area (Å²) in [5, 5.41) is 13.2. The van der Waals surface area contributed by atoms with Crippen LogP contribution in [0.5, 0.6) is 5.75 Å². The van der Waals surface area contributed by atoms with Crippen LogP contribution in [-0.2, 0) is 13.7 Å². The van der Waals surface area contributed by atoms with E-state index in [1.54, 1.807) is 10.7 Å². The maximum absolute atomic E-state index is 10.9. The number of nitrogens with zero attached hydrogens (tertiary/aromatic N) is 2. The lowest BCUT2D eigenvalue weighted by Gasteiger charge is -2.09. The zero-order valence-electron chi connectivity index (χ0n) is 11.1. The quantitative estimate of drug-likeness (QED) is 0.834. The van der Waals surface area contributed by atoms with E-state index in [4.69, 9.17) is 15.6 Å². The minimum Gasteiger partial charge on any atom is -0.487 e. The van der Waals surface area contributed by atoms with E-state index in [1.165, 1.54) is 12.1 Å². The highest BCUT2D eigenvalue weighted by atomic mass is 79.9. The number of aromatic nitrogens is 2. The first-order chi connectivity index (χ1) is 9.40. The largest absolute Gasteiger partial charge is 0.487 e. The molecule has 0 radical (unpaired) electrons. The van der Waals surface area contributed by atoms with Crippen molar-refractivity contribution >= 4 is 27.6 Å². The number of halogens is 1. The molecule has 2 aromatic rings. The molecule has 0 amide bonds. The molecule has 0 unspecified atom stereocenters. The number of anilines is 1. The monoisotopic (exact) mass is 339 g/mol. The number of carboxylic acids is 1. The maximum Gasteiger partial charge on any atom is 0.337 e. The van der Waals surface area contributed by atoms with Gasteiger partial charge in [-0.05, 0) is 35.0 Å². The van der Waals surface area contributed by atoms with Crippen molar-refractivity contribution in [3.05, 3.63) is 39.6 Å². The third-order valence-electron chi connectivity index (χ3n) is 2.89. The molecule has 0 aliphatic rings. The molecule has 1 aromatic carbocycles. The number of carboxylic acid groups (broad SMARTS) is 1. The molecule has 7 heteroatoms. The zero-order chi connectivity index (χ0) is 14.9. The van der Waals surface area contributed by atoms with Gasteiger partial charge in [0, 0.05) is 18.8 Å². The molecule has 2 rings (SSSR count). The predicted molar refractivity (Wildman–Crippen MR) is 77.8 cm³/mol. The van der Waals surface area contributed by atoms with Gasteiger partial charge < -0.3 is 15.6 Å². The summed E-state index contributed by atoms with van der Waals surface area (Å²) < 4.78 is 8.25. The van der Waals surface area contributed by atoms with Gasteiger partial charge in [-0.2, -0.15) is 5.10 Å². The molecular weight excluding hydrogens is 326 g/mol. The number of hydrogen-bond donors (Lipinski definition) is 2. The Labute approximate surface area is 124 Å². The van der Waals surface area contributed by atoms with Crippen LogP contribution in [0.15, 0.2) is 22.7 Å². The third-order valence-corrected chi connectivity index (χ3v) is 3.92. The fraction of sp³-hybridized carbons (Fsp3) is 0.231. The van der Waals surface area contributed by atoms with Crippen LogP contribution >= 0.6 is 15.9 Å². The summed E-state index contributed by atoms with van der Waals surface area (Å²) in [7, 11) is 1.83. The molecule has 1 aromatic heterocycles. The summed E-state index contributed by atoms with van der Waals surface area (Å²) >= 11 is 3.45. The summed E-state index contributed by atoms with van der Waals surface area (Å²) in [5.41, 5.74) is 7.68. The first-order valence-corrected chi connectivity index (χ1v) is 6.63. The fourth-order valence-electron chi connectivity index (χ4n) is 1.81. The molecule has 0 saturated carbocycles. The van der Waals surface area contributed by atoms with E-state index in [-0.39, 0.29) is 11.3 Å². The predicted octanol–water partition coefficient (Wildman–Crippen LogP) is 2.35. The molecule has 0 saturated heterocycles. The summed E-state index contributed by atoms with van der Waals surface area (Å²) in [6.45, 7) is 2.21. The van der Waals surface area contributed by atoms with Crippen molar-refractivity contribution in [3.63, 3.8) is 0 Å². The molecule has 0 aliphatic heterocycles. The van der Waals surface area contributed by atoms with Gasteiger partial charge in [0.15, 0.2) is 0 Å². The average molecular weight is 340 g/mol. The van der Waals surface area contributed by atoms with Crippen molar-refractivity contribution in [1.29, 1.82) is 0 Å². The Morgan fingerprint density at radius 3 is 2.75 bits per heavy atom. The van der Waals surface area contributed by atoms with E-state index < -0.39 is 5.97 Å². The second-order valence-electron chi connectivity index (χ2n) is 4.31. The molecule has 0 spiro atoms. The molecule has 0 fully saturated rings. The maximum atomic E-state index is 10.9. The van der Waals surface area contributed by atoms with Crippen LogP contribution in [0.4, 0.5) is 5.69 Å². The van der Waals surface area contributed by atoms with Crippen LogP contribution < -0.4 is 10.5 Å². The van der Waals surface area contributed by atoms with Crippen molar-refractivity contribution in [2.75, 3.05) is 5.73 Å². The SMILES string of the molecule is Cc1nn(C)c(COc2ccc(C(=O)O)c(N)c2)c1Br. The molecular formula is C13H14BrN3O3. The summed E-state index contributed by atoms with van der Waals surface area (Å²) in [6, 6.07) is 4.51. The minimum absolute atomic E-state index is 0.0647. The fourth-order valence-corrected chi connectivity index (χ4v) is 2.26. The molecule has 3 N–H and O–H groups in total. The summed E-state index contributed by atoms with van der Waals surface area (Å²) in [5.74, 6) is -0.544. The Morgan fingerprint density at radius 1 is 1.55 bits per heavy atom. The first-order valence-electron chi connectivity index (χ1n) is 5.83. The lowest BCUT2D eigenvalue weighted by Crippen LogP contribution is -2.05. The number of aromatic carboxylic acids is 1. The highest BCUT2D eigenvalue weighted by Gasteiger charge is 2.12. The molecule has 106 valence electrons. The molecule has 0 bridgehead atoms. The van der Waals surface area contributed by atoms with Crippen molar-refractivity contribution in [3.8, 4) is 5.75 Å². The average Bonchev–Trinajstić information content (AvgIpc) is 2.61. The summed E-state index contributed by atoms with van der Waals surface area (Å²) in [4.78, 5) is 10.9. The van der Waals surface area contributed by atoms with Gasteiger partial charge in [0.2, 0.25) is 0 Å². The van der Waals surface area contributed by atoms with Crippen molar-refractivity contribution in [2.45, 2.75) is 13.5 Å². The lowest BCUT2D eigenvalue weighted by atomic mass is 10.2. The van der Waals surface area contributed by atoms with E-state index >= 15 is 0 Å². The Morgan fingerprint density at radius 2 is 2.25 bits per heavy atom. The van der Waals surface area contributed by atoms with Crippen molar-refractivity contribution in [2.24, 2.45) is 7.05 Å². The number of hydrogen-bond acceptors (Lipinski definition) is 4. The van der Waals surface area contributed by atoms with E-state index in [1.807, 2.05) is 14.0 Å². The Hall–Kier alpha value is -2.02. The molecule has 20 heavy (non-hydrogen) atoms. The number of aryl methyl sites for hydroxylation is 2. The van der Waals surface area contributed by atoms with Gasteiger partial charge in [0.05, 0.1) is 21.4 Å². The topological polar surface area (TPSA) is 90.4 Å². The van der Waals surface area contributed by atoms with Gasteiger partial charge in [-0.3, -0.25) is 4.68 Å². The van der Waals surface area contributed by atoms with Gasteiger partial charge in [-0.25, -0.2) is 4.79 Å². The molecule has 1 heterocycles. The Bertz CT molecular complexity index is 667. The first kappa shape index (κ1) is 14.4. The Balaban J connectivity index is 2.15. The molecule has 6 nitrogen and oxygen atoms in total. The van der Waals surface area contributed by atoms with Crippen LogP contribution in [0, 0.1) is 6.92 Å². The lowest BCUT2D eigenvalue weighted by molar-refractivity contribution is 0.0698. The van der Waals surface area contributed by atoms with E-state index in [2.05, 4.69) is 21.0 Å². The second kappa shape index (κ2) is 5.54. The van der Waals surface area contributed by atoms with Gasteiger partial charge in [-0.1, -0.05) is 0 Å². The van der Waals surface area contributed by atoms with Crippen LogP contribution in [0.2, 0.25) is 0 Å². The normalized spacial score (nSPS) is 10.6. The second-order valence-corrected chi connectivity index (χ2v) is 5.11. The van der Waals surface area contributed by atoms with Gasteiger partial charge in [0.1, 0.15) is 12.4 Å². The van der Waals surface area contributed by atoms with Crippen molar-refractivity contribution in [1.82, 2.24) is 9.78 Å². The minimum atomic E-state index is -1.06. The highest BCUT2D eigenvalue weighted by Crippen LogP contribution is 2.24. The zero-order valence-corrected chi connectivity index (χ0v) is 12.6. The van der Waals surface area contributed by atoms with Crippen LogP contribution in [0.25, 0.3) is 0 Å². The number of nitrogen functional groups attached to an aromatic ring is 1. The molecule has 0 aliphatic carbocycles. The van der Waals surface area contributed by atoms with Crippen LogP contribution in [0.3, 0.4) is 0 Å². The van der Waals surface area contributed by atoms with Gasteiger partial charge in [-0.15, -0.1) is 0 Å². The smallest absolute Gasteiger partial charge is 0.337 e. The number of rotatable bonds is 4. The van der Waals surface area contributed by atoms with E-state index in [9.17, 15) is 4.79 Å². The number of benzene rings is 1. The van der Waals surface area contributed by atoms with E-state index in [0.717, 1.165) is 15.9 Å². The van der Waals surface area contributed by atoms with E-state index in [0.29, 0.717) is 12.4 Å². The van der Waals surface area contributed by atoms with Gasteiger partial charge in [0.25, 0.3) is 0 Å². The number of nitrogens with two attached hydrogens (primary N) is 1. The van der Waals surface area contributed by atoms with Crippen LogP contribution in [-0.4, -0.2) is 20.9 Å². The highest BCUT2D eigenvalue weighted by molar-refractivity contribution is 9.10. The molecule has 0 atom stereocenters. The number of carbonyl (C=O) groups is 1. The summed E-state index contributed by atoms with van der Waals surface area (Å²) in [6.07, 6.45) is 0. The van der Waals surface area contributed by atoms with Gasteiger partial charge >= 0.3 is 5.97 Å². The van der Waals surface area contributed by atoms with Crippen molar-refractivity contribution < 1.29 is 14.6 Å². The number of ether oxygens (including phenoxy) is 1. The van der Waals surface area contributed by atoms with Crippen LogP contribution in [0.1, 0.15) is 21.7 Å². The Kier molecular flexibility index (Phi) is 3.99. The standard InChI is InChI=1S/C13H14BrN3O3/c1-7-12(14)11(17(2)16-7)6-20-8-3-4-9(13(18)19)10(15)5-8/h3-5H,6,15H2,1-2H3,(H,18,19). The third kappa shape index (κ3) is 2.77.